The molecule has 0 unspecified atom stereocenters. The van der Waals surface area contributed by atoms with Gasteiger partial charge in [0.1, 0.15) is 12.4 Å². The molecular formula is C18H21FN2O6S. The van der Waals surface area contributed by atoms with E-state index in [-0.39, 0.29) is 29.2 Å². The maximum atomic E-state index is 13.1. The highest BCUT2D eigenvalue weighted by molar-refractivity contribution is 7.91. The Labute approximate surface area is 161 Å². The van der Waals surface area contributed by atoms with Gasteiger partial charge in [-0.2, -0.15) is 0 Å². The van der Waals surface area contributed by atoms with Crippen LogP contribution in [0.25, 0.3) is 0 Å². The van der Waals surface area contributed by atoms with Gasteiger partial charge in [-0.15, -0.1) is 0 Å². The fourth-order valence-electron chi connectivity index (χ4n) is 3.20. The van der Waals surface area contributed by atoms with Crippen molar-refractivity contribution in [1.29, 1.82) is 0 Å². The topological polar surface area (TPSA) is 110 Å². The summed E-state index contributed by atoms with van der Waals surface area (Å²) >= 11 is 0. The van der Waals surface area contributed by atoms with Gasteiger partial charge in [-0.3, -0.25) is 14.4 Å². The van der Waals surface area contributed by atoms with Gasteiger partial charge in [-0.25, -0.2) is 12.8 Å². The maximum absolute atomic E-state index is 13.1. The summed E-state index contributed by atoms with van der Waals surface area (Å²) in [6, 6.07) is 4.62. The van der Waals surface area contributed by atoms with Crippen LogP contribution in [0.3, 0.4) is 0 Å². The highest BCUT2D eigenvalue weighted by Crippen LogP contribution is 2.32. The number of hydrogen-bond acceptors (Lipinski definition) is 6. The molecule has 10 heteroatoms. The fourth-order valence-corrected chi connectivity index (χ4v) is 4.92. The molecular weight excluding hydrogens is 391 g/mol. The molecule has 1 N–H and O–H groups in total. The van der Waals surface area contributed by atoms with Crippen molar-refractivity contribution in [1.82, 2.24) is 10.2 Å². The normalized spacial score (nSPS) is 20.4. The van der Waals surface area contributed by atoms with Crippen LogP contribution in [0.1, 0.15) is 29.6 Å². The van der Waals surface area contributed by atoms with E-state index in [4.69, 9.17) is 4.74 Å². The fraction of sp³-hybridized carbons (Fsp3) is 0.500. The molecule has 1 aromatic rings. The van der Waals surface area contributed by atoms with Gasteiger partial charge in [0, 0.05) is 17.6 Å². The molecule has 1 saturated heterocycles. The molecule has 1 heterocycles. The van der Waals surface area contributed by atoms with Crippen LogP contribution in [0.4, 0.5) is 4.39 Å². The number of sulfone groups is 1. The van der Waals surface area contributed by atoms with Crippen molar-refractivity contribution in [2.24, 2.45) is 0 Å². The van der Waals surface area contributed by atoms with Gasteiger partial charge < -0.3 is 15.0 Å². The van der Waals surface area contributed by atoms with Gasteiger partial charge >= 0.3 is 5.97 Å². The minimum Gasteiger partial charge on any atom is -0.454 e. The van der Waals surface area contributed by atoms with Crippen LogP contribution in [-0.4, -0.2) is 67.8 Å². The van der Waals surface area contributed by atoms with Crippen LogP contribution in [0.5, 0.6) is 0 Å². The van der Waals surface area contributed by atoms with Crippen molar-refractivity contribution in [2.75, 3.05) is 24.7 Å². The molecule has 3 rings (SSSR count). The number of halogens is 1. The first kappa shape index (κ1) is 20.2. The second-order valence-electron chi connectivity index (χ2n) is 6.94. The lowest BCUT2D eigenvalue weighted by Crippen LogP contribution is -2.45. The third-order valence-corrected chi connectivity index (χ3v) is 6.42. The summed E-state index contributed by atoms with van der Waals surface area (Å²) in [5.74, 6) is -2.47. The molecule has 0 bridgehead atoms. The van der Waals surface area contributed by atoms with Crippen molar-refractivity contribution in [3.8, 4) is 0 Å². The monoisotopic (exact) mass is 412 g/mol. The van der Waals surface area contributed by atoms with E-state index in [1.165, 1.54) is 23.1 Å². The molecule has 2 amide bonds. The Balaban J connectivity index is 1.47. The van der Waals surface area contributed by atoms with Gasteiger partial charge in [0.15, 0.2) is 16.4 Å². The first-order valence-corrected chi connectivity index (χ1v) is 10.8. The zero-order valence-electron chi connectivity index (χ0n) is 15.1. The summed E-state index contributed by atoms with van der Waals surface area (Å²) in [7, 11) is -3.13. The van der Waals surface area contributed by atoms with E-state index >= 15 is 0 Å². The van der Waals surface area contributed by atoms with Gasteiger partial charge in [-0.1, -0.05) is 6.07 Å². The van der Waals surface area contributed by atoms with Crippen molar-refractivity contribution in [2.45, 2.75) is 31.3 Å². The Hall–Kier alpha value is -2.49. The van der Waals surface area contributed by atoms with Crippen LogP contribution in [-0.2, 0) is 24.2 Å². The van der Waals surface area contributed by atoms with Gasteiger partial charge in [0.25, 0.3) is 11.8 Å². The zero-order valence-corrected chi connectivity index (χ0v) is 15.9. The zero-order chi connectivity index (χ0) is 20.3. The first-order valence-electron chi connectivity index (χ1n) is 8.96. The Bertz CT molecular complexity index is 884. The summed E-state index contributed by atoms with van der Waals surface area (Å²) in [5, 5.41) is 2.30. The molecule has 8 nitrogen and oxygen atoms in total. The van der Waals surface area contributed by atoms with Gasteiger partial charge in [0.2, 0.25) is 0 Å². The molecule has 1 aromatic carbocycles. The maximum Gasteiger partial charge on any atom is 0.325 e. The number of ether oxygens (including phenoxy) is 1. The average molecular weight is 412 g/mol. The summed E-state index contributed by atoms with van der Waals surface area (Å²) in [4.78, 5) is 37.6. The number of carbonyl (C=O) groups excluding carboxylic acids is 3. The van der Waals surface area contributed by atoms with E-state index in [2.05, 4.69) is 5.32 Å². The quantitative estimate of drug-likeness (QED) is 0.644. The Kier molecular flexibility index (Phi) is 5.97. The molecule has 2 fully saturated rings. The van der Waals surface area contributed by atoms with Crippen LogP contribution in [0.2, 0.25) is 0 Å². The number of nitrogens with zero attached hydrogens (tertiary/aromatic N) is 1. The molecule has 28 heavy (non-hydrogen) atoms. The summed E-state index contributed by atoms with van der Waals surface area (Å²) in [6.45, 7) is -0.981. The lowest BCUT2D eigenvalue weighted by Gasteiger charge is -2.28. The van der Waals surface area contributed by atoms with Crippen molar-refractivity contribution < 1.29 is 31.9 Å². The molecule has 152 valence electrons. The number of esters is 1. The largest absolute Gasteiger partial charge is 0.454 e. The number of nitrogens with one attached hydrogen (secondary N) is 1. The molecule has 0 radical (unpaired) electrons. The summed E-state index contributed by atoms with van der Waals surface area (Å²) in [6.07, 6.45) is 2.00. The smallest absolute Gasteiger partial charge is 0.325 e. The highest BCUT2D eigenvalue weighted by Gasteiger charge is 2.42. The molecule has 0 spiro atoms. The predicted molar refractivity (Wildman–Crippen MR) is 96.6 cm³/mol. The van der Waals surface area contributed by atoms with Gasteiger partial charge in [0.05, 0.1) is 11.5 Å². The number of benzene rings is 1. The minimum atomic E-state index is -3.13. The molecule has 0 aromatic heterocycles. The van der Waals surface area contributed by atoms with Crippen LogP contribution in [0.15, 0.2) is 24.3 Å². The summed E-state index contributed by atoms with van der Waals surface area (Å²) in [5.41, 5.74) is 0.0613. The standard InChI is InChI=1S/C18H21FN2O6S/c19-13-3-1-2-12(8-13)18(24)20-9-17(23)27-10-16(22)21(14-4-5-14)15-6-7-28(25,26)11-15/h1-3,8,14-15H,4-7,9-11H2,(H,20,24)/t15-/m0/s1. The van der Waals surface area contributed by atoms with Gasteiger partial charge in [-0.05, 0) is 37.5 Å². The van der Waals surface area contributed by atoms with Crippen molar-refractivity contribution in [3.63, 3.8) is 0 Å². The van der Waals surface area contributed by atoms with Crippen LogP contribution < -0.4 is 5.32 Å². The first-order chi connectivity index (χ1) is 13.2. The predicted octanol–water partition coefficient (Wildman–Crippen LogP) is 0.277. The van der Waals surface area contributed by atoms with E-state index < -0.39 is 46.6 Å². The molecule has 2 aliphatic rings. The third kappa shape index (κ3) is 5.28. The SMILES string of the molecule is O=C(CNC(=O)c1cccc(F)c1)OCC(=O)N(C1CC1)[C@H]1CCS(=O)(=O)C1. The second kappa shape index (κ2) is 8.26. The Morgan fingerprint density at radius 2 is 1.93 bits per heavy atom. The van der Waals surface area contributed by atoms with Crippen molar-refractivity contribution >= 4 is 27.6 Å². The van der Waals surface area contributed by atoms with Crippen molar-refractivity contribution in [3.05, 3.63) is 35.6 Å². The molecule has 1 aliphatic heterocycles. The average Bonchev–Trinajstić information content (AvgIpc) is 3.41. The van der Waals surface area contributed by atoms with E-state index in [1.807, 2.05) is 0 Å². The van der Waals surface area contributed by atoms with E-state index in [0.717, 1.165) is 18.9 Å². The minimum absolute atomic E-state index is 0.00261. The van der Waals surface area contributed by atoms with E-state index in [0.29, 0.717) is 6.42 Å². The van der Waals surface area contributed by atoms with E-state index in [1.54, 1.807) is 0 Å². The Morgan fingerprint density at radius 3 is 2.54 bits per heavy atom. The number of carbonyl (C=O) groups is 3. The number of rotatable bonds is 7. The second-order valence-corrected chi connectivity index (χ2v) is 9.17. The molecule has 1 atom stereocenters. The summed E-state index contributed by atoms with van der Waals surface area (Å²) < 4.78 is 41.4. The lowest BCUT2D eigenvalue weighted by molar-refractivity contribution is -0.152. The lowest BCUT2D eigenvalue weighted by atomic mass is 10.2. The van der Waals surface area contributed by atoms with E-state index in [9.17, 15) is 27.2 Å². The highest BCUT2D eigenvalue weighted by atomic mass is 32.2. The third-order valence-electron chi connectivity index (χ3n) is 4.67. The van der Waals surface area contributed by atoms with Crippen LogP contribution in [0, 0.1) is 5.82 Å². The molecule has 1 aliphatic carbocycles. The Morgan fingerprint density at radius 1 is 1.18 bits per heavy atom. The van der Waals surface area contributed by atoms with Crippen LogP contribution >= 0.6 is 0 Å². The number of amides is 2. The molecule has 1 saturated carbocycles. The number of hydrogen-bond donors (Lipinski definition) is 1.